The molecule has 1 saturated heterocycles. The first-order chi connectivity index (χ1) is 8.81. The molecule has 3 rings (SSSR count). The fraction of sp³-hybridized carbons (Fsp3) is 0.571. The van der Waals surface area contributed by atoms with Crippen LogP contribution in [0.4, 0.5) is 0 Å². The summed E-state index contributed by atoms with van der Waals surface area (Å²) in [6, 6.07) is 2.23. The van der Waals surface area contributed by atoms with Crippen molar-refractivity contribution in [2.45, 2.75) is 32.1 Å². The number of rotatable bonds is 2. The molecule has 0 bridgehead atoms. The lowest BCUT2D eigenvalue weighted by Crippen LogP contribution is -2.28. The molecule has 0 amide bonds. The Kier molecular flexibility index (Phi) is 3.48. The maximum Gasteiger partial charge on any atom is 0.231 e. The summed E-state index contributed by atoms with van der Waals surface area (Å²) in [7, 11) is 0. The monoisotopic (exact) mass is 311 g/mol. The second-order valence-corrected chi connectivity index (χ2v) is 5.74. The number of halogens is 1. The number of fused-ring (bicyclic) bond motifs is 1. The summed E-state index contributed by atoms with van der Waals surface area (Å²) >= 11 is 3.60. The predicted molar refractivity (Wildman–Crippen MR) is 74.5 cm³/mol. The van der Waals surface area contributed by atoms with Gasteiger partial charge in [-0.15, -0.1) is 0 Å². The summed E-state index contributed by atoms with van der Waals surface area (Å²) < 4.78 is 12.2. The first kappa shape index (κ1) is 12.3. The SMILES string of the molecule is CCc1c(C2CCCNC2)cc(Br)c2c1OCO2. The van der Waals surface area contributed by atoms with E-state index >= 15 is 0 Å². The van der Waals surface area contributed by atoms with Gasteiger partial charge in [0, 0.05) is 12.1 Å². The number of hydrogen-bond acceptors (Lipinski definition) is 3. The molecule has 0 radical (unpaired) electrons. The molecule has 3 nitrogen and oxygen atoms in total. The van der Waals surface area contributed by atoms with E-state index in [1.807, 2.05) is 0 Å². The average Bonchev–Trinajstić information content (AvgIpc) is 2.89. The molecule has 0 spiro atoms. The molecule has 1 N–H and O–H groups in total. The zero-order chi connectivity index (χ0) is 12.5. The van der Waals surface area contributed by atoms with E-state index in [1.165, 1.54) is 24.0 Å². The van der Waals surface area contributed by atoms with Crippen LogP contribution in [0.25, 0.3) is 0 Å². The first-order valence-corrected chi connectivity index (χ1v) is 7.42. The Bertz CT molecular complexity index is 456. The van der Waals surface area contributed by atoms with Crippen molar-refractivity contribution in [2.24, 2.45) is 0 Å². The highest BCUT2D eigenvalue weighted by Gasteiger charge is 2.27. The largest absolute Gasteiger partial charge is 0.453 e. The van der Waals surface area contributed by atoms with Gasteiger partial charge in [-0.2, -0.15) is 0 Å². The number of nitrogens with one attached hydrogen (secondary N) is 1. The molecule has 2 heterocycles. The molecule has 1 aromatic carbocycles. The van der Waals surface area contributed by atoms with Crippen LogP contribution in [0.3, 0.4) is 0 Å². The van der Waals surface area contributed by atoms with Gasteiger partial charge in [0.2, 0.25) is 6.79 Å². The average molecular weight is 312 g/mol. The van der Waals surface area contributed by atoms with E-state index in [0.717, 1.165) is 35.5 Å². The number of benzene rings is 1. The van der Waals surface area contributed by atoms with E-state index in [1.54, 1.807) is 0 Å². The minimum Gasteiger partial charge on any atom is -0.453 e. The van der Waals surface area contributed by atoms with Crippen molar-refractivity contribution < 1.29 is 9.47 Å². The van der Waals surface area contributed by atoms with Crippen molar-refractivity contribution in [1.82, 2.24) is 5.32 Å². The van der Waals surface area contributed by atoms with Gasteiger partial charge in [-0.25, -0.2) is 0 Å². The van der Waals surface area contributed by atoms with E-state index in [9.17, 15) is 0 Å². The lowest BCUT2D eigenvalue weighted by Gasteiger charge is -2.26. The number of ether oxygens (including phenoxy) is 2. The zero-order valence-electron chi connectivity index (χ0n) is 10.6. The lowest BCUT2D eigenvalue weighted by atomic mass is 9.87. The predicted octanol–water partition coefficient (Wildman–Crippen LogP) is 3.21. The molecule has 2 aliphatic rings. The molecule has 1 fully saturated rings. The van der Waals surface area contributed by atoms with E-state index < -0.39 is 0 Å². The third-order valence-electron chi connectivity index (χ3n) is 3.82. The van der Waals surface area contributed by atoms with E-state index in [0.29, 0.717) is 12.7 Å². The van der Waals surface area contributed by atoms with Crippen LogP contribution in [0.15, 0.2) is 10.5 Å². The van der Waals surface area contributed by atoms with Crippen LogP contribution in [0.5, 0.6) is 11.5 Å². The van der Waals surface area contributed by atoms with Gasteiger partial charge in [0.15, 0.2) is 11.5 Å². The Labute approximate surface area is 116 Å². The molecule has 98 valence electrons. The minimum atomic E-state index is 0.341. The van der Waals surface area contributed by atoms with Crippen LogP contribution in [0, 0.1) is 0 Å². The van der Waals surface area contributed by atoms with E-state index in [4.69, 9.17) is 9.47 Å². The number of piperidine rings is 1. The Hall–Kier alpha value is -0.740. The first-order valence-electron chi connectivity index (χ1n) is 6.62. The second-order valence-electron chi connectivity index (χ2n) is 4.89. The molecule has 4 heteroatoms. The molecule has 1 aromatic rings. The summed E-state index contributed by atoms with van der Waals surface area (Å²) in [5.74, 6) is 2.42. The van der Waals surface area contributed by atoms with Crippen LogP contribution in [0.2, 0.25) is 0 Å². The van der Waals surface area contributed by atoms with Crippen LogP contribution in [-0.2, 0) is 6.42 Å². The van der Waals surface area contributed by atoms with Gasteiger partial charge < -0.3 is 14.8 Å². The van der Waals surface area contributed by atoms with Gasteiger partial charge in [-0.1, -0.05) is 6.92 Å². The van der Waals surface area contributed by atoms with Gasteiger partial charge in [-0.05, 0) is 59.3 Å². The van der Waals surface area contributed by atoms with E-state index in [-0.39, 0.29) is 0 Å². The Morgan fingerprint density at radius 1 is 1.39 bits per heavy atom. The highest BCUT2D eigenvalue weighted by Crippen LogP contribution is 2.46. The van der Waals surface area contributed by atoms with Crippen molar-refractivity contribution in [3.05, 3.63) is 21.7 Å². The van der Waals surface area contributed by atoms with Crippen molar-refractivity contribution in [3.63, 3.8) is 0 Å². The molecule has 0 saturated carbocycles. The fourth-order valence-corrected chi connectivity index (χ4v) is 3.49. The Morgan fingerprint density at radius 2 is 2.22 bits per heavy atom. The highest BCUT2D eigenvalue weighted by molar-refractivity contribution is 9.10. The summed E-state index contributed by atoms with van der Waals surface area (Å²) in [5, 5.41) is 3.48. The molecule has 0 aliphatic carbocycles. The summed E-state index contributed by atoms with van der Waals surface area (Å²) in [5.41, 5.74) is 2.74. The smallest absolute Gasteiger partial charge is 0.231 e. The van der Waals surface area contributed by atoms with Gasteiger partial charge >= 0.3 is 0 Å². The van der Waals surface area contributed by atoms with Gasteiger partial charge in [-0.3, -0.25) is 0 Å². The molecular weight excluding hydrogens is 294 g/mol. The second kappa shape index (κ2) is 5.10. The van der Waals surface area contributed by atoms with Crippen molar-refractivity contribution >= 4 is 15.9 Å². The zero-order valence-corrected chi connectivity index (χ0v) is 12.2. The van der Waals surface area contributed by atoms with Crippen molar-refractivity contribution in [3.8, 4) is 11.5 Å². The topological polar surface area (TPSA) is 30.5 Å². The molecule has 0 aromatic heterocycles. The van der Waals surface area contributed by atoms with Crippen LogP contribution in [-0.4, -0.2) is 19.9 Å². The number of hydrogen-bond donors (Lipinski definition) is 1. The quantitative estimate of drug-likeness (QED) is 0.909. The van der Waals surface area contributed by atoms with E-state index in [2.05, 4.69) is 34.2 Å². The van der Waals surface area contributed by atoms with Gasteiger partial charge in [0.25, 0.3) is 0 Å². The normalized spacial score (nSPS) is 22.2. The summed E-state index contributed by atoms with van der Waals surface area (Å²) in [6.07, 6.45) is 3.50. The lowest BCUT2D eigenvalue weighted by molar-refractivity contribution is 0.172. The Morgan fingerprint density at radius 3 is 2.94 bits per heavy atom. The maximum atomic E-state index is 5.66. The standard InChI is InChI=1S/C14H18BrNO2/c1-2-10-11(9-4-3-5-16-7-9)6-12(15)14-13(10)17-8-18-14/h6,9,16H,2-5,7-8H2,1H3. The Balaban J connectivity index is 2.05. The highest BCUT2D eigenvalue weighted by atomic mass is 79.9. The van der Waals surface area contributed by atoms with Gasteiger partial charge in [0.05, 0.1) is 4.47 Å². The van der Waals surface area contributed by atoms with Crippen molar-refractivity contribution in [1.29, 1.82) is 0 Å². The third-order valence-corrected chi connectivity index (χ3v) is 4.41. The van der Waals surface area contributed by atoms with Crippen LogP contribution < -0.4 is 14.8 Å². The maximum absolute atomic E-state index is 5.66. The fourth-order valence-electron chi connectivity index (χ4n) is 2.95. The summed E-state index contributed by atoms with van der Waals surface area (Å²) in [4.78, 5) is 0. The van der Waals surface area contributed by atoms with Crippen molar-refractivity contribution in [2.75, 3.05) is 19.9 Å². The summed E-state index contributed by atoms with van der Waals surface area (Å²) in [6.45, 7) is 4.74. The van der Waals surface area contributed by atoms with Crippen LogP contribution >= 0.6 is 15.9 Å². The van der Waals surface area contributed by atoms with Crippen LogP contribution in [0.1, 0.15) is 36.8 Å². The molecule has 2 aliphatic heterocycles. The third kappa shape index (κ3) is 2.01. The molecule has 18 heavy (non-hydrogen) atoms. The van der Waals surface area contributed by atoms with Gasteiger partial charge in [0.1, 0.15) is 0 Å². The molecule has 1 unspecified atom stereocenters. The molecule has 1 atom stereocenters. The minimum absolute atomic E-state index is 0.341. The molecular formula is C14H18BrNO2.